The van der Waals surface area contributed by atoms with Crippen LogP contribution in [0.15, 0.2) is 83.6 Å². The second-order valence-electron chi connectivity index (χ2n) is 5.07. The summed E-state index contributed by atoms with van der Waals surface area (Å²) in [5.41, 5.74) is 0.382. The first-order chi connectivity index (χ1) is 10.7. The molecule has 0 saturated heterocycles. The molecular weight excluding hydrogens is 276 g/mol. The number of nitrogens with zero attached hydrogens (tertiary/aromatic N) is 2. The summed E-state index contributed by atoms with van der Waals surface area (Å²) < 4.78 is 2.01. The van der Waals surface area contributed by atoms with Crippen molar-refractivity contribution < 1.29 is 9.90 Å². The number of carbonyl (C=O) groups is 1. The van der Waals surface area contributed by atoms with Crippen molar-refractivity contribution in [1.82, 2.24) is 4.57 Å². The Kier molecular flexibility index (Phi) is 3.74. The molecule has 1 atom stereocenters. The summed E-state index contributed by atoms with van der Waals surface area (Å²) in [7, 11) is 0. The van der Waals surface area contributed by atoms with Crippen molar-refractivity contribution in [3.63, 3.8) is 0 Å². The van der Waals surface area contributed by atoms with Crippen molar-refractivity contribution in [2.75, 3.05) is 0 Å². The van der Waals surface area contributed by atoms with E-state index in [0.717, 1.165) is 5.69 Å². The summed E-state index contributed by atoms with van der Waals surface area (Å²) >= 11 is 0. The summed E-state index contributed by atoms with van der Waals surface area (Å²) in [6.07, 6.45) is 20.5. The van der Waals surface area contributed by atoms with Crippen molar-refractivity contribution in [3.05, 3.63) is 84.3 Å². The zero-order valence-corrected chi connectivity index (χ0v) is 12.0. The Morgan fingerprint density at radius 2 is 1.95 bits per heavy atom. The molecule has 0 amide bonds. The molecule has 2 aliphatic rings. The standard InChI is InChI=1S/C18H16N2O2/c21-17(22)18-13-15(18)9-6-4-2-1-3-5-7-11-20-12-8-10-16(20)14-19-18/h1-10,12-14H,11H2,(H,21,22)/b3-1-,4-2+,7-5+,9-6+,19-14?. The van der Waals surface area contributed by atoms with E-state index in [9.17, 15) is 9.90 Å². The van der Waals surface area contributed by atoms with E-state index in [-0.39, 0.29) is 0 Å². The summed E-state index contributed by atoms with van der Waals surface area (Å²) in [6, 6.07) is 3.84. The van der Waals surface area contributed by atoms with Crippen molar-refractivity contribution in [2.45, 2.75) is 12.1 Å². The third kappa shape index (κ3) is 2.76. The minimum atomic E-state index is -1.20. The average molecular weight is 292 g/mol. The number of hydrogen-bond acceptors (Lipinski definition) is 2. The molecule has 4 nitrogen and oxygen atoms in total. The van der Waals surface area contributed by atoms with Gasteiger partial charge < -0.3 is 9.67 Å². The van der Waals surface area contributed by atoms with E-state index in [1.165, 1.54) is 0 Å². The van der Waals surface area contributed by atoms with Gasteiger partial charge in [0, 0.05) is 19.0 Å². The number of aliphatic imine (C=N–C) groups is 1. The lowest BCUT2D eigenvalue weighted by Crippen LogP contribution is -2.24. The zero-order valence-electron chi connectivity index (χ0n) is 12.0. The number of rotatable bonds is 1. The maximum Gasteiger partial charge on any atom is 0.340 e. The number of carboxylic acids is 1. The molecule has 1 aliphatic carbocycles. The van der Waals surface area contributed by atoms with Gasteiger partial charge in [0.1, 0.15) is 0 Å². The Hall–Kier alpha value is -2.88. The average Bonchev–Trinajstić information content (AvgIpc) is 3.04. The molecule has 4 heteroatoms. The van der Waals surface area contributed by atoms with Crippen LogP contribution in [-0.4, -0.2) is 27.4 Å². The van der Waals surface area contributed by atoms with Crippen LogP contribution in [-0.2, 0) is 11.3 Å². The van der Waals surface area contributed by atoms with Gasteiger partial charge in [-0.2, -0.15) is 0 Å². The van der Waals surface area contributed by atoms with Gasteiger partial charge in [0.25, 0.3) is 0 Å². The molecule has 2 heterocycles. The Balaban J connectivity index is 1.94. The van der Waals surface area contributed by atoms with E-state index < -0.39 is 11.5 Å². The van der Waals surface area contributed by atoms with Crippen molar-refractivity contribution in [2.24, 2.45) is 4.99 Å². The lowest BCUT2D eigenvalue weighted by molar-refractivity contribution is -0.138. The fourth-order valence-corrected chi connectivity index (χ4v) is 2.26. The first-order valence-corrected chi connectivity index (χ1v) is 7.06. The van der Waals surface area contributed by atoms with Gasteiger partial charge in [-0.3, -0.25) is 4.99 Å². The van der Waals surface area contributed by atoms with Crippen molar-refractivity contribution in [3.8, 4) is 0 Å². The number of hydrogen-bond donors (Lipinski definition) is 1. The molecule has 1 unspecified atom stereocenters. The van der Waals surface area contributed by atoms with E-state index >= 15 is 0 Å². The van der Waals surface area contributed by atoms with Crippen LogP contribution in [0.5, 0.6) is 0 Å². The molecule has 1 N–H and O–H groups in total. The molecular formula is C18H16N2O2. The third-order valence-corrected chi connectivity index (χ3v) is 3.58. The maximum atomic E-state index is 11.5. The van der Waals surface area contributed by atoms with E-state index in [1.54, 1.807) is 18.4 Å². The summed E-state index contributed by atoms with van der Waals surface area (Å²) in [4.78, 5) is 15.8. The molecule has 0 radical (unpaired) electrons. The van der Waals surface area contributed by atoms with Gasteiger partial charge in [0.05, 0.1) is 5.69 Å². The molecule has 0 saturated carbocycles. The van der Waals surface area contributed by atoms with E-state index in [2.05, 4.69) is 4.99 Å². The third-order valence-electron chi connectivity index (χ3n) is 3.58. The zero-order chi connectivity index (χ0) is 15.4. The summed E-state index contributed by atoms with van der Waals surface area (Å²) in [5.74, 6) is -0.949. The summed E-state index contributed by atoms with van der Waals surface area (Å²) in [6.45, 7) is 0.709. The number of aliphatic carboxylic acids is 1. The van der Waals surface area contributed by atoms with Gasteiger partial charge >= 0.3 is 5.97 Å². The van der Waals surface area contributed by atoms with E-state index in [1.807, 2.05) is 65.4 Å². The second kappa shape index (κ2) is 5.85. The Morgan fingerprint density at radius 1 is 1.18 bits per heavy atom. The second-order valence-corrected chi connectivity index (χ2v) is 5.07. The Bertz CT molecular complexity index is 760. The number of fused-ring (bicyclic) bond motifs is 2. The van der Waals surface area contributed by atoms with Crippen LogP contribution in [0.4, 0.5) is 0 Å². The van der Waals surface area contributed by atoms with E-state index in [0.29, 0.717) is 12.1 Å². The molecule has 0 fully saturated rings. The fraction of sp³-hybridized carbons (Fsp3) is 0.111. The molecule has 1 aliphatic heterocycles. The summed E-state index contributed by atoms with van der Waals surface area (Å²) in [5, 5.41) is 9.44. The van der Waals surface area contributed by atoms with Crippen LogP contribution in [0.2, 0.25) is 0 Å². The minimum Gasteiger partial charge on any atom is -0.479 e. The topological polar surface area (TPSA) is 54.6 Å². The van der Waals surface area contributed by atoms with Crippen molar-refractivity contribution >= 4 is 12.2 Å². The van der Waals surface area contributed by atoms with Gasteiger partial charge in [-0.1, -0.05) is 48.6 Å². The van der Waals surface area contributed by atoms with Gasteiger partial charge in [-0.15, -0.1) is 0 Å². The van der Waals surface area contributed by atoms with Crippen LogP contribution in [0, 0.1) is 0 Å². The van der Waals surface area contributed by atoms with Crippen molar-refractivity contribution in [1.29, 1.82) is 0 Å². The highest BCUT2D eigenvalue weighted by Crippen LogP contribution is 2.39. The van der Waals surface area contributed by atoms with Gasteiger partial charge in [0.2, 0.25) is 5.54 Å². The van der Waals surface area contributed by atoms with Gasteiger partial charge in [-0.25, -0.2) is 4.79 Å². The Labute approximate surface area is 128 Å². The van der Waals surface area contributed by atoms with Crippen LogP contribution in [0.1, 0.15) is 5.69 Å². The molecule has 1 aromatic heterocycles. The SMILES string of the molecule is O=C(O)C12C=C1/C=C/C=C/C=C\C=C\Cn1cccc1C=N2. The molecule has 0 aromatic carbocycles. The van der Waals surface area contributed by atoms with Gasteiger partial charge in [0.15, 0.2) is 0 Å². The number of allylic oxidation sites excluding steroid dienone is 7. The highest BCUT2D eigenvalue weighted by atomic mass is 16.4. The quantitative estimate of drug-likeness (QED) is 0.865. The minimum absolute atomic E-state index is 0.705. The predicted molar refractivity (Wildman–Crippen MR) is 87.0 cm³/mol. The molecule has 0 bridgehead atoms. The van der Waals surface area contributed by atoms with Gasteiger partial charge in [-0.05, 0) is 23.8 Å². The predicted octanol–water partition coefficient (Wildman–Crippen LogP) is 2.91. The fourth-order valence-electron chi connectivity index (χ4n) is 2.26. The van der Waals surface area contributed by atoms with Crippen LogP contribution < -0.4 is 0 Å². The molecule has 0 spiro atoms. The first kappa shape index (κ1) is 14.1. The molecule has 22 heavy (non-hydrogen) atoms. The van der Waals surface area contributed by atoms with Crippen LogP contribution in [0.3, 0.4) is 0 Å². The highest BCUT2D eigenvalue weighted by molar-refractivity contribution is 5.97. The van der Waals surface area contributed by atoms with Crippen LogP contribution >= 0.6 is 0 Å². The maximum absolute atomic E-state index is 11.5. The van der Waals surface area contributed by atoms with Crippen LogP contribution in [0.25, 0.3) is 0 Å². The van der Waals surface area contributed by atoms with E-state index in [4.69, 9.17) is 0 Å². The Morgan fingerprint density at radius 3 is 2.77 bits per heavy atom. The molecule has 1 aromatic rings. The monoisotopic (exact) mass is 292 g/mol. The number of aromatic nitrogens is 1. The smallest absolute Gasteiger partial charge is 0.340 e. The first-order valence-electron chi connectivity index (χ1n) is 7.06. The molecule has 110 valence electrons. The highest BCUT2D eigenvalue weighted by Gasteiger charge is 2.49. The lowest BCUT2D eigenvalue weighted by atomic mass is 10.1. The normalized spacial score (nSPS) is 29.0. The number of carboxylic acid groups (broad SMARTS) is 1. The largest absolute Gasteiger partial charge is 0.479 e. The lowest BCUT2D eigenvalue weighted by Gasteiger charge is -2.07. The molecule has 3 rings (SSSR count).